The molecule has 7 heteroatoms. The van der Waals surface area contributed by atoms with Crippen molar-refractivity contribution in [3.63, 3.8) is 0 Å². The van der Waals surface area contributed by atoms with Gasteiger partial charge in [0.15, 0.2) is 0 Å². The Morgan fingerprint density at radius 2 is 1.90 bits per heavy atom. The number of nitrogens with one attached hydrogen (secondary N) is 1. The molecule has 2 rings (SSSR count). The summed E-state index contributed by atoms with van der Waals surface area (Å²) in [5.74, 6) is -1.20. The number of carbonyl (C=O) groups is 1. The van der Waals surface area contributed by atoms with E-state index in [0.717, 1.165) is 21.8 Å². The average Bonchev–Trinajstić information content (AvgIpc) is 2.86. The minimum atomic E-state index is -3.82. The van der Waals surface area contributed by atoms with Gasteiger partial charge in [-0.3, -0.25) is 4.79 Å². The van der Waals surface area contributed by atoms with E-state index in [1.54, 1.807) is 37.3 Å². The molecule has 0 aliphatic rings. The second-order valence-electron chi connectivity index (χ2n) is 4.57. The van der Waals surface area contributed by atoms with E-state index in [1.165, 1.54) is 6.07 Å². The molecule has 112 valence electrons. The third-order valence-electron chi connectivity index (χ3n) is 2.86. The Kier molecular flexibility index (Phi) is 4.76. The molecule has 1 atom stereocenters. The summed E-state index contributed by atoms with van der Waals surface area (Å²) in [4.78, 5) is 12.1. The van der Waals surface area contributed by atoms with Crippen molar-refractivity contribution in [2.45, 2.75) is 23.6 Å². The van der Waals surface area contributed by atoms with E-state index in [2.05, 4.69) is 4.72 Å². The number of benzene rings is 1. The summed E-state index contributed by atoms with van der Waals surface area (Å²) in [6.45, 7) is 1.79. The van der Waals surface area contributed by atoms with E-state index in [0.29, 0.717) is 0 Å². The number of thiophene rings is 1. The van der Waals surface area contributed by atoms with Crippen LogP contribution in [0.2, 0.25) is 0 Å². The van der Waals surface area contributed by atoms with Crippen LogP contribution in [0.15, 0.2) is 46.7 Å². The van der Waals surface area contributed by atoms with Gasteiger partial charge in [0, 0.05) is 4.88 Å². The molecule has 2 aromatic rings. The maximum atomic E-state index is 12.2. The van der Waals surface area contributed by atoms with Crippen LogP contribution in [-0.2, 0) is 21.2 Å². The van der Waals surface area contributed by atoms with Gasteiger partial charge in [-0.1, -0.05) is 30.3 Å². The fourth-order valence-corrected chi connectivity index (χ4v) is 4.32. The molecule has 0 aliphatic carbocycles. The molecule has 5 nitrogen and oxygen atoms in total. The summed E-state index contributed by atoms with van der Waals surface area (Å²) in [5, 5.41) is 9.23. The van der Waals surface area contributed by atoms with Gasteiger partial charge < -0.3 is 5.11 Å². The van der Waals surface area contributed by atoms with Gasteiger partial charge in [-0.05, 0) is 31.0 Å². The molecule has 2 N–H and O–H groups in total. The molecule has 1 heterocycles. The Morgan fingerprint density at radius 3 is 2.43 bits per heavy atom. The standard InChI is InChI=1S/C14H15NO4S2/c1-10-7-8-13(20-10)21(18,19)15-12(14(16)17)9-11-5-3-2-4-6-11/h2-8,12,15H,9H2,1H3,(H,16,17). The SMILES string of the molecule is Cc1ccc(S(=O)(=O)NC(Cc2ccccc2)C(=O)O)s1. The van der Waals surface area contributed by atoms with Gasteiger partial charge in [0.05, 0.1) is 0 Å². The second-order valence-corrected chi connectivity index (χ2v) is 7.80. The number of hydrogen-bond acceptors (Lipinski definition) is 4. The molecule has 21 heavy (non-hydrogen) atoms. The van der Waals surface area contributed by atoms with Crippen molar-refractivity contribution in [2.24, 2.45) is 0 Å². The highest BCUT2D eigenvalue weighted by Gasteiger charge is 2.26. The van der Waals surface area contributed by atoms with Gasteiger partial charge in [-0.25, -0.2) is 8.42 Å². The molecular formula is C14H15NO4S2. The first-order valence-electron chi connectivity index (χ1n) is 6.24. The van der Waals surface area contributed by atoms with E-state index in [9.17, 15) is 18.3 Å². The molecule has 0 aliphatic heterocycles. The summed E-state index contributed by atoms with van der Waals surface area (Å²) in [7, 11) is -3.82. The van der Waals surface area contributed by atoms with Crippen molar-refractivity contribution < 1.29 is 18.3 Å². The lowest BCUT2D eigenvalue weighted by Gasteiger charge is -2.14. The smallest absolute Gasteiger partial charge is 0.322 e. The maximum Gasteiger partial charge on any atom is 0.322 e. The lowest BCUT2D eigenvalue weighted by molar-refractivity contribution is -0.138. The number of carboxylic acids is 1. The molecule has 0 saturated carbocycles. The quantitative estimate of drug-likeness (QED) is 0.851. The fraction of sp³-hybridized carbons (Fsp3) is 0.214. The van der Waals surface area contributed by atoms with Crippen molar-refractivity contribution in [1.82, 2.24) is 4.72 Å². The van der Waals surface area contributed by atoms with E-state index >= 15 is 0 Å². The average molecular weight is 325 g/mol. The molecular weight excluding hydrogens is 310 g/mol. The Hall–Kier alpha value is -1.70. The number of sulfonamides is 1. The highest BCUT2D eigenvalue weighted by molar-refractivity contribution is 7.91. The first kappa shape index (κ1) is 15.7. The minimum Gasteiger partial charge on any atom is -0.480 e. The largest absolute Gasteiger partial charge is 0.480 e. The third kappa shape index (κ3) is 4.13. The summed E-state index contributed by atoms with van der Waals surface area (Å²) in [5.41, 5.74) is 0.759. The van der Waals surface area contributed by atoms with Crippen molar-refractivity contribution in [3.8, 4) is 0 Å². The van der Waals surface area contributed by atoms with Crippen molar-refractivity contribution in [3.05, 3.63) is 52.9 Å². The zero-order valence-electron chi connectivity index (χ0n) is 11.3. The summed E-state index contributed by atoms with van der Waals surface area (Å²) >= 11 is 1.11. The van der Waals surface area contributed by atoms with Crippen LogP contribution in [0.1, 0.15) is 10.4 Å². The third-order valence-corrected chi connectivity index (χ3v) is 5.82. The first-order chi connectivity index (χ1) is 9.88. The molecule has 1 aromatic heterocycles. The Morgan fingerprint density at radius 1 is 1.24 bits per heavy atom. The topological polar surface area (TPSA) is 83.5 Å². The molecule has 1 unspecified atom stereocenters. The Labute approximate surface area is 127 Å². The predicted octanol–water partition coefficient (Wildman–Crippen LogP) is 2.03. The van der Waals surface area contributed by atoms with Crippen molar-refractivity contribution in [1.29, 1.82) is 0 Å². The lowest BCUT2D eigenvalue weighted by Crippen LogP contribution is -2.42. The zero-order valence-corrected chi connectivity index (χ0v) is 12.9. The number of carboxylic acid groups (broad SMARTS) is 1. The Balaban J connectivity index is 2.18. The zero-order chi connectivity index (χ0) is 15.5. The van der Waals surface area contributed by atoms with E-state index in [4.69, 9.17) is 0 Å². The number of aliphatic carboxylic acids is 1. The summed E-state index contributed by atoms with van der Waals surface area (Å²) in [6.07, 6.45) is 0.0970. The molecule has 0 spiro atoms. The monoisotopic (exact) mass is 325 g/mol. The lowest BCUT2D eigenvalue weighted by atomic mass is 10.1. The molecule has 0 amide bonds. The van der Waals surface area contributed by atoms with Gasteiger partial charge in [0.25, 0.3) is 10.0 Å². The van der Waals surface area contributed by atoms with Gasteiger partial charge in [-0.15, -0.1) is 11.3 Å². The number of hydrogen-bond donors (Lipinski definition) is 2. The van der Waals surface area contributed by atoms with Crippen LogP contribution < -0.4 is 4.72 Å². The molecule has 0 fully saturated rings. The van der Waals surface area contributed by atoms with Crippen LogP contribution in [0.4, 0.5) is 0 Å². The molecule has 0 radical (unpaired) electrons. The molecule has 0 bridgehead atoms. The molecule has 1 aromatic carbocycles. The van der Waals surface area contributed by atoms with E-state index in [1.807, 2.05) is 6.07 Å². The van der Waals surface area contributed by atoms with Crippen LogP contribution >= 0.6 is 11.3 Å². The second kappa shape index (κ2) is 6.38. The fourth-order valence-electron chi connectivity index (χ4n) is 1.83. The highest BCUT2D eigenvalue weighted by Crippen LogP contribution is 2.21. The van der Waals surface area contributed by atoms with Gasteiger partial charge in [0.2, 0.25) is 0 Å². The summed E-state index contributed by atoms with van der Waals surface area (Å²) in [6, 6.07) is 10.9. The van der Waals surface area contributed by atoms with Gasteiger partial charge in [0.1, 0.15) is 10.3 Å². The van der Waals surface area contributed by atoms with E-state index in [-0.39, 0.29) is 10.6 Å². The predicted molar refractivity (Wildman–Crippen MR) is 80.9 cm³/mol. The van der Waals surface area contributed by atoms with Crippen LogP contribution in [0.25, 0.3) is 0 Å². The minimum absolute atomic E-state index is 0.0970. The van der Waals surface area contributed by atoms with Gasteiger partial charge in [-0.2, -0.15) is 4.72 Å². The van der Waals surface area contributed by atoms with Crippen LogP contribution in [0, 0.1) is 6.92 Å². The molecule has 0 saturated heterocycles. The number of rotatable bonds is 6. The first-order valence-corrected chi connectivity index (χ1v) is 8.54. The van der Waals surface area contributed by atoms with Gasteiger partial charge >= 0.3 is 5.97 Å². The normalized spacial score (nSPS) is 13.0. The van der Waals surface area contributed by atoms with E-state index < -0.39 is 22.0 Å². The maximum absolute atomic E-state index is 12.2. The van der Waals surface area contributed by atoms with Crippen molar-refractivity contribution in [2.75, 3.05) is 0 Å². The van der Waals surface area contributed by atoms with Crippen LogP contribution in [0.5, 0.6) is 0 Å². The highest BCUT2D eigenvalue weighted by atomic mass is 32.2. The Bertz CT molecular complexity index is 722. The van der Waals surface area contributed by atoms with Crippen LogP contribution in [0.3, 0.4) is 0 Å². The summed E-state index contributed by atoms with van der Waals surface area (Å²) < 4.78 is 26.8. The van der Waals surface area contributed by atoms with Crippen molar-refractivity contribution >= 4 is 27.3 Å². The van der Waals surface area contributed by atoms with Crippen LogP contribution in [-0.4, -0.2) is 25.5 Å². The number of aryl methyl sites for hydroxylation is 1.